The molecule has 1 rings (SSSR count). The summed E-state index contributed by atoms with van der Waals surface area (Å²) < 4.78 is 13.6. The molecule has 0 amide bonds. The molecule has 0 aliphatic rings. The van der Waals surface area contributed by atoms with Crippen molar-refractivity contribution in [3.8, 4) is 0 Å². The van der Waals surface area contributed by atoms with Crippen molar-refractivity contribution in [1.29, 1.82) is 0 Å². The van der Waals surface area contributed by atoms with Gasteiger partial charge in [-0.15, -0.1) is 11.8 Å². The Morgan fingerprint density at radius 3 is 2.75 bits per heavy atom. The molecule has 1 atom stereocenters. The first-order chi connectivity index (χ1) is 7.56. The van der Waals surface area contributed by atoms with Crippen LogP contribution >= 0.6 is 11.8 Å². The molecule has 1 unspecified atom stereocenters. The van der Waals surface area contributed by atoms with E-state index in [2.05, 4.69) is 13.8 Å². The van der Waals surface area contributed by atoms with Gasteiger partial charge in [0.05, 0.1) is 4.90 Å². The predicted molar refractivity (Wildman–Crippen MR) is 66.6 cm³/mol. The third-order valence-electron chi connectivity index (χ3n) is 2.56. The summed E-state index contributed by atoms with van der Waals surface area (Å²) in [5, 5.41) is 0. The van der Waals surface area contributed by atoms with Gasteiger partial charge in [-0.3, -0.25) is 4.79 Å². The van der Waals surface area contributed by atoms with Crippen LogP contribution in [0.15, 0.2) is 23.1 Å². The molecule has 1 nitrogen and oxygen atoms in total. The van der Waals surface area contributed by atoms with E-state index in [1.165, 1.54) is 24.8 Å². The Hall–Kier alpha value is -0.830. The predicted octanol–water partition coefficient (Wildman–Crippen LogP) is 4.17. The molecule has 88 valence electrons. The smallest absolute Gasteiger partial charge is 0.161 e. The fourth-order valence-corrected chi connectivity index (χ4v) is 2.54. The van der Waals surface area contributed by atoms with Gasteiger partial charge in [-0.05, 0) is 18.9 Å². The third-order valence-corrected chi connectivity index (χ3v) is 3.99. The lowest BCUT2D eigenvalue weighted by molar-refractivity contribution is 0.101. The molecule has 0 fully saturated rings. The average molecular weight is 240 g/mol. The summed E-state index contributed by atoms with van der Waals surface area (Å²) in [7, 11) is 0. The second kappa shape index (κ2) is 6.04. The fourth-order valence-electron chi connectivity index (χ4n) is 1.28. The van der Waals surface area contributed by atoms with Gasteiger partial charge in [-0.2, -0.15) is 0 Å². The number of ketones is 1. The summed E-state index contributed by atoms with van der Waals surface area (Å²) in [6.45, 7) is 5.71. The van der Waals surface area contributed by atoms with Crippen LogP contribution in [0.5, 0.6) is 0 Å². The lowest BCUT2D eigenvalue weighted by atomic mass is 10.1. The third kappa shape index (κ3) is 3.34. The van der Waals surface area contributed by atoms with Crippen LogP contribution in [-0.2, 0) is 0 Å². The summed E-state index contributed by atoms with van der Waals surface area (Å²) in [5.41, 5.74) is 0.494. The van der Waals surface area contributed by atoms with E-state index in [-0.39, 0.29) is 11.6 Å². The first-order valence-corrected chi connectivity index (χ1v) is 6.47. The van der Waals surface area contributed by atoms with E-state index in [0.29, 0.717) is 16.4 Å². The largest absolute Gasteiger partial charge is 0.294 e. The number of halogens is 1. The highest BCUT2D eigenvalue weighted by Gasteiger charge is 2.13. The standard InChI is InChI=1S/C13H17FOS/c1-4-9(2)8-16-13-11(10(3)15)6-5-7-12(13)14/h5-7,9H,4,8H2,1-3H3. The van der Waals surface area contributed by atoms with Crippen molar-refractivity contribution in [1.82, 2.24) is 0 Å². The van der Waals surface area contributed by atoms with Crippen LogP contribution in [0.2, 0.25) is 0 Å². The van der Waals surface area contributed by atoms with Gasteiger partial charge in [-0.1, -0.05) is 32.4 Å². The molecule has 0 saturated carbocycles. The van der Waals surface area contributed by atoms with Crippen LogP contribution in [0.1, 0.15) is 37.6 Å². The molecule has 1 aromatic rings. The molecule has 0 heterocycles. The molecule has 0 bridgehead atoms. The maximum Gasteiger partial charge on any atom is 0.161 e. The van der Waals surface area contributed by atoms with Gasteiger partial charge in [0.2, 0.25) is 0 Å². The highest BCUT2D eigenvalue weighted by molar-refractivity contribution is 7.99. The zero-order valence-electron chi connectivity index (χ0n) is 9.92. The minimum Gasteiger partial charge on any atom is -0.294 e. The Morgan fingerprint density at radius 2 is 2.19 bits per heavy atom. The highest BCUT2D eigenvalue weighted by atomic mass is 32.2. The van der Waals surface area contributed by atoms with Gasteiger partial charge >= 0.3 is 0 Å². The molecule has 0 radical (unpaired) electrons. The van der Waals surface area contributed by atoms with Crippen LogP contribution < -0.4 is 0 Å². The second-order valence-corrected chi connectivity index (χ2v) is 5.03. The zero-order chi connectivity index (χ0) is 12.1. The highest BCUT2D eigenvalue weighted by Crippen LogP contribution is 2.28. The Kier molecular flexibility index (Phi) is 5.00. The Morgan fingerprint density at radius 1 is 1.50 bits per heavy atom. The first kappa shape index (κ1) is 13.2. The van der Waals surface area contributed by atoms with Crippen LogP contribution in [-0.4, -0.2) is 11.5 Å². The quantitative estimate of drug-likeness (QED) is 0.567. The summed E-state index contributed by atoms with van der Waals surface area (Å²) in [5.74, 6) is 1.01. The zero-order valence-corrected chi connectivity index (χ0v) is 10.7. The van der Waals surface area contributed by atoms with E-state index in [0.717, 1.165) is 12.2 Å². The second-order valence-electron chi connectivity index (χ2n) is 4.00. The van der Waals surface area contributed by atoms with Crippen molar-refractivity contribution in [2.24, 2.45) is 5.92 Å². The summed E-state index contributed by atoms with van der Waals surface area (Å²) in [4.78, 5) is 11.8. The van der Waals surface area contributed by atoms with Gasteiger partial charge < -0.3 is 0 Å². The molecular weight excluding hydrogens is 223 g/mol. The van der Waals surface area contributed by atoms with Crippen molar-refractivity contribution in [2.75, 3.05) is 5.75 Å². The van der Waals surface area contributed by atoms with E-state index >= 15 is 0 Å². The minimum atomic E-state index is -0.291. The van der Waals surface area contributed by atoms with Gasteiger partial charge in [0, 0.05) is 11.3 Å². The maximum absolute atomic E-state index is 13.6. The monoisotopic (exact) mass is 240 g/mol. The fraction of sp³-hybridized carbons (Fsp3) is 0.462. The molecule has 0 N–H and O–H groups in total. The van der Waals surface area contributed by atoms with Crippen LogP contribution in [0.3, 0.4) is 0 Å². The van der Waals surface area contributed by atoms with E-state index in [9.17, 15) is 9.18 Å². The van der Waals surface area contributed by atoms with Crippen molar-refractivity contribution >= 4 is 17.5 Å². The van der Waals surface area contributed by atoms with E-state index in [1.54, 1.807) is 12.1 Å². The van der Waals surface area contributed by atoms with Gasteiger partial charge in [-0.25, -0.2) is 4.39 Å². The van der Waals surface area contributed by atoms with Gasteiger partial charge in [0.25, 0.3) is 0 Å². The van der Waals surface area contributed by atoms with Crippen molar-refractivity contribution < 1.29 is 9.18 Å². The number of rotatable bonds is 5. The van der Waals surface area contributed by atoms with Crippen LogP contribution in [0.25, 0.3) is 0 Å². The van der Waals surface area contributed by atoms with Gasteiger partial charge in [0.15, 0.2) is 5.78 Å². The van der Waals surface area contributed by atoms with Crippen molar-refractivity contribution in [3.05, 3.63) is 29.6 Å². The number of carbonyl (C=O) groups is 1. The average Bonchev–Trinajstić information content (AvgIpc) is 2.26. The summed E-state index contributed by atoms with van der Waals surface area (Å²) in [6.07, 6.45) is 1.07. The van der Waals surface area contributed by atoms with Crippen molar-refractivity contribution in [2.45, 2.75) is 32.1 Å². The molecule has 1 aromatic carbocycles. The van der Waals surface area contributed by atoms with Crippen molar-refractivity contribution in [3.63, 3.8) is 0 Å². The molecule has 0 saturated heterocycles. The number of carbonyl (C=O) groups excluding carboxylic acids is 1. The first-order valence-electron chi connectivity index (χ1n) is 5.48. The molecular formula is C13H17FOS. The normalized spacial score (nSPS) is 12.5. The van der Waals surface area contributed by atoms with Crippen LogP contribution in [0, 0.1) is 11.7 Å². The number of thioether (sulfide) groups is 1. The SMILES string of the molecule is CCC(C)CSc1c(F)cccc1C(C)=O. The molecule has 0 aromatic heterocycles. The Bertz CT molecular complexity index is 376. The Balaban J connectivity index is 2.88. The molecule has 0 aliphatic carbocycles. The topological polar surface area (TPSA) is 17.1 Å². The molecule has 16 heavy (non-hydrogen) atoms. The maximum atomic E-state index is 13.6. The van der Waals surface area contributed by atoms with Crippen LogP contribution in [0.4, 0.5) is 4.39 Å². The number of hydrogen-bond acceptors (Lipinski definition) is 2. The molecule has 0 aliphatic heterocycles. The van der Waals surface area contributed by atoms with Gasteiger partial charge in [0.1, 0.15) is 5.82 Å². The Labute approximate surface area is 100 Å². The number of benzene rings is 1. The molecule has 0 spiro atoms. The number of Topliss-reactive ketones (excluding diaryl/α,β-unsaturated/α-hetero) is 1. The summed E-state index contributed by atoms with van der Waals surface area (Å²) >= 11 is 1.44. The van der Waals surface area contributed by atoms with E-state index < -0.39 is 0 Å². The van der Waals surface area contributed by atoms with E-state index in [4.69, 9.17) is 0 Å². The molecule has 3 heteroatoms. The van der Waals surface area contributed by atoms with E-state index in [1.807, 2.05) is 0 Å². The lowest BCUT2D eigenvalue weighted by Gasteiger charge is -2.11. The minimum absolute atomic E-state index is 0.0776. The lowest BCUT2D eigenvalue weighted by Crippen LogP contribution is -2.01. The summed E-state index contributed by atoms with van der Waals surface area (Å²) in [6, 6.07) is 4.68. The number of hydrogen-bond donors (Lipinski definition) is 0.